The second-order valence-electron chi connectivity index (χ2n) is 8.45. The number of fused-ring (bicyclic) bond motifs is 1. The van der Waals surface area contributed by atoms with Gasteiger partial charge in [0.1, 0.15) is 5.78 Å². The highest BCUT2D eigenvalue weighted by Gasteiger charge is 2.30. The lowest BCUT2D eigenvalue weighted by molar-refractivity contribution is -0.117. The number of aromatic nitrogens is 1. The summed E-state index contributed by atoms with van der Waals surface area (Å²) in [6.07, 6.45) is 0.320. The number of ketones is 1. The number of aryl methyl sites for hydroxylation is 1. The molecule has 4 rings (SSSR count). The summed E-state index contributed by atoms with van der Waals surface area (Å²) in [6, 6.07) is 15.0. The fourth-order valence-electron chi connectivity index (χ4n) is 4.24. The molecule has 0 bridgehead atoms. The molecule has 0 unspecified atom stereocenters. The van der Waals surface area contributed by atoms with Crippen LogP contribution in [0.2, 0.25) is 10.0 Å². The van der Waals surface area contributed by atoms with E-state index in [1.165, 1.54) is 25.1 Å². The van der Waals surface area contributed by atoms with Crippen molar-refractivity contribution in [2.75, 3.05) is 14.2 Å². The highest BCUT2D eigenvalue weighted by atomic mass is 35.5. The van der Waals surface area contributed by atoms with Gasteiger partial charge in [-0.1, -0.05) is 47.0 Å². The van der Waals surface area contributed by atoms with Crippen LogP contribution in [0.15, 0.2) is 59.5 Å². The number of ether oxygens (including phenoxy) is 2. The maximum Gasteiger partial charge on any atom is 0.268 e. The first-order valence-corrected chi connectivity index (χ1v) is 13.3. The number of halogens is 2. The SMILES string of the molecule is COc1cc2c(-c3ccc(Cl)cc3Cl)c(CCC(C)=O)n(S(=O)(=O)c3ccc(C)cc3)c2cc1OC. The maximum absolute atomic E-state index is 14.1. The molecule has 1 aromatic heterocycles. The Morgan fingerprint density at radius 2 is 1.58 bits per heavy atom. The summed E-state index contributed by atoms with van der Waals surface area (Å²) >= 11 is 12.8. The largest absolute Gasteiger partial charge is 0.493 e. The third-order valence-corrected chi connectivity index (χ3v) is 8.31. The number of hydrogen-bond acceptors (Lipinski definition) is 5. The molecule has 0 spiro atoms. The average molecular weight is 546 g/mol. The second kappa shape index (κ2) is 10.2. The van der Waals surface area contributed by atoms with Crippen LogP contribution >= 0.6 is 23.2 Å². The summed E-state index contributed by atoms with van der Waals surface area (Å²) < 4.78 is 40.5. The molecule has 4 aromatic rings. The Morgan fingerprint density at radius 1 is 0.944 bits per heavy atom. The van der Waals surface area contributed by atoms with Crippen molar-refractivity contribution in [3.05, 3.63) is 75.9 Å². The van der Waals surface area contributed by atoms with Gasteiger partial charge in [0.25, 0.3) is 10.0 Å². The first-order chi connectivity index (χ1) is 17.1. The Morgan fingerprint density at radius 3 is 2.17 bits per heavy atom. The third kappa shape index (κ3) is 4.71. The minimum absolute atomic E-state index is 0.0668. The number of nitrogens with zero attached hydrogens (tertiary/aromatic N) is 1. The van der Waals surface area contributed by atoms with Crippen molar-refractivity contribution in [2.24, 2.45) is 0 Å². The molecule has 0 saturated carbocycles. The first-order valence-electron chi connectivity index (χ1n) is 11.1. The van der Waals surface area contributed by atoms with E-state index in [0.29, 0.717) is 49.3 Å². The topological polar surface area (TPSA) is 74.6 Å². The van der Waals surface area contributed by atoms with Crippen LogP contribution in [0.3, 0.4) is 0 Å². The van der Waals surface area contributed by atoms with Gasteiger partial charge in [0.15, 0.2) is 11.5 Å². The Kier molecular flexibility index (Phi) is 7.36. The highest BCUT2D eigenvalue weighted by molar-refractivity contribution is 7.90. The predicted molar refractivity (Wildman–Crippen MR) is 143 cm³/mol. The number of methoxy groups -OCH3 is 2. The number of carbonyl (C=O) groups excluding carboxylic acids is 1. The molecule has 0 amide bonds. The molecule has 0 aliphatic carbocycles. The summed E-state index contributed by atoms with van der Waals surface area (Å²) in [5.41, 5.74) is 2.93. The van der Waals surface area contributed by atoms with Gasteiger partial charge in [-0.2, -0.15) is 0 Å². The zero-order chi connectivity index (χ0) is 26.2. The fourth-order valence-corrected chi connectivity index (χ4v) is 6.32. The number of benzene rings is 3. The van der Waals surface area contributed by atoms with Gasteiger partial charge in [0.2, 0.25) is 0 Å². The van der Waals surface area contributed by atoms with E-state index in [2.05, 4.69) is 0 Å². The van der Waals surface area contributed by atoms with Crippen molar-refractivity contribution in [1.29, 1.82) is 0 Å². The number of hydrogen-bond donors (Lipinski definition) is 0. The van der Waals surface area contributed by atoms with Crippen LogP contribution in [-0.4, -0.2) is 32.4 Å². The van der Waals surface area contributed by atoms with Gasteiger partial charge in [-0.05, 0) is 50.6 Å². The normalized spacial score (nSPS) is 11.6. The van der Waals surface area contributed by atoms with E-state index < -0.39 is 10.0 Å². The second-order valence-corrected chi connectivity index (χ2v) is 11.1. The van der Waals surface area contributed by atoms with Gasteiger partial charge in [0.05, 0.1) is 24.6 Å². The van der Waals surface area contributed by atoms with Crippen LogP contribution in [-0.2, 0) is 21.2 Å². The van der Waals surface area contributed by atoms with Crippen LogP contribution in [0.4, 0.5) is 0 Å². The van der Waals surface area contributed by atoms with Crippen LogP contribution in [0.5, 0.6) is 11.5 Å². The number of carbonyl (C=O) groups is 1. The van der Waals surface area contributed by atoms with E-state index in [4.69, 9.17) is 32.7 Å². The standard InChI is InChI=1S/C27H25Cl2NO5S/c1-16-5-9-19(10-6-16)36(32,33)30-23(12-7-17(2)31)27(20-11-8-18(28)13-22(20)29)21-14-25(34-3)26(35-4)15-24(21)30/h5-6,8-11,13-15H,7,12H2,1-4H3. The molecule has 1 heterocycles. The lowest BCUT2D eigenvalue weighted by Gasteiger charge is -2.14. The van der Waals surface area contributed by atoms with E-state index in [0.717, 1.165) is 5.56 Å². The lowest BCUT2D eigenvalue weighted by Crippen LogP contribution is -2.17. The molecule has 36 heavy (non-hydrogen) atoms. The quantitative estimate of drug-likeness (QED) is 0.246. The molecule has 0 fully saturated rings. The lowest BCUT2D eigenvalue weighted by atomic mass is 9.99. The van der Waals surface area contributed by atoms with Gasteiger partial charge >= 0.3 is 0 Å². The summed E-state index contributed by atoms with van der Waals surface area (Å²) in [5.74, 6) is 0.733. The van der Waals surface area contributed by atoms with Crippen molar-refractivity contribution in [3.63, 3.8) is 0 Å². The van der Waals surface area contributed by atoms with E-state index in [9.17, 15) is 13.2 Å². The minimum Gasteiger partial charge on any atom is -0.493 e. The molecular formula is C27H25Cl2NO5S. The van der Waals surface area contributed by atoms with Gasteiger partial charge in [0, 0.05) is 44.7 Å². The molecule has 0 saturated heterocycles. The van der Waals surface area contributed by atoms with E-state index in [1.54, 1.807) is 54.6 Å². The Hall–Kier alpha value is -3.00. The van der Waals surface area contributed by atoms with Crippen molar-refractivity contribution < 1.29 is 22.7 Å². The fraction of sp³-hybridized carbons (Fsp3) is 0.222. The molecule has 9 heteroatoms. The van der Waals surface area contributed by atoms with Crippen molar-refractivity contribution >= 4 is 49.9 Å². The molecule has 6 nitrogen and oxygen atoms in total. The van der Waals surface area contributed by atoms with Gasteiger partial charge in [-0.15, -0.1) is 0 Å². The number of Topliss-reactive ketones (excluding diaryl/α,β-unsaturated/α-hetero) is 1. The van der Waals surface area contributed by atoms with E-state index in [1.807, 2.05) is 6.92 Å². The zero-order valence-electron chi connectivity index (χ0n) is 20.3. The Bertz CT molecular complexity index is 1570. The third-order valence-electron chi connectivity index (χ3n) is 6.00. The smallest absolute Gasteiger partial charge is 0.268 e. The first kappa shape index (κ1) is 26.1. The molecule has 0 atom stereocenters. The minimum atomic E-state index is -4.07. The average Bonchev–Trinajstić information content (AvgIpc) is 3.15. The monoisotopic (exact) mass is 545 g/mol. The summed E-state index contributed by atoms with van der Waals surface area (Å²) in [5, 5.41) is 1.39. The van der Waals surface area contributed by atoms with Crippen LogP contribution in [0.1, 0.15) is 24.6 Å². The summed E-state index contributed by atoms with van der Waals surface area (Å²) in [4.78, 5) is 12.1. The van der Waals surface area contributed by atoms with E-state index in [-0.39, 0.29) is 23.5 Å². The van der Waals surface area contributed by atoms with Gasteiger partial charge < -0.3 is 14.3 Å². The Labute approximate surface area is 220 Å². The van der Waals surface area contributed by atoms with Crippen LogP contribution < -0.4 is 9.47 Å². The molecule has 0 radical (unpaired) electrons. The van der Waals surface area contributed by atoms with Crippen molar-refractivity contribution in [3.8, 4) is 22.6 Å². The molecule has 0 N–H and O–H groups in total. The van der Waals surface area contributed by atoms with Gasteiger partial charge in [-0.25, -0.2) is 12.4 Å². The Balaban J connectivity index is 2.19. The molecule has 3 aromatic carbocycles. The summed E-state index contributed by atoms with van der Waals surface area (Å²) in [6.45, 7) is 3.36. The molecule has 0 aliphatic heterocycles. The van der Waals surface area contributed by atoms with Crippen LogP contribution in [0.25, 0.3) is 22.0 Å². The molecule has 0 aliphatic rings. The zero-order valence-corrected chi connectivity index (χ0v) is 22.6. The van der Waals surface area contributed by atoms with Crippen molar-refractivity contribution in [1.82, 2.24) is 3.97 Å². The van der Waals surface area contributed by atoms with Crippen LogP contribution in [0, 0.1) is 6.92 Å². The maximum atomic E-state index is 14.1. The highest BCUT2D eigenvalue weighted by Crippen LogP contribution is 2.45. The number of rotatable bonds is 8. The van der Waals surface area contributed by atoms with Crippen molar-refractivity contribution in [2.45, 2.75) is 31.6 Å². The van der Waals surface area contributed by atoms with E-state index >= 15 is 0 Å². The molecular weight excluding hydrogens is 521 g/mol. The van der Waals surface area contributed by atoms with Gasteiger partial charge in [-0.3, -0.25) is 0 Å². The predicted octanol–water partition coefficient (Wildman–Crippen LogP) is 6.70. The summed E-state index contributed by atoms with van der Waals surface area (Å²) in [7, 11) is -1.08. The molecule has 188 valence electrons.